The molecule has 0 bridgehead atoms. The molecule has 0 saturated heterocycles. The second-order valence-corrected chi connectivity index (χ2v) is 4.56. The minimum atomic E-state index is -0.896. The van der Waals surface area contributed by atoms with E-state index in [1.54, 1.807) is 6.07 Å². The lowest BCUT2D eigenvalue weighted by atomic mass is 10.1. The van der Waals surface area contributed by atoms with Crippen molar-refractivity contribution < 1.29 is 9.90 Å². The molecule has 0 amide bonds. The van der Waals surface area contributed by atoms with Gasteiger partial charge in [0, 0.05) is 28.6 Å². The summed E-state index contributed by atoms with van der Waals surface area (Å²) < 4.78 is 0.946. The average molecular weight is 245 g/mol. The maximum atomic E-state index is 10.9. The molecular formula is C13H11NO2S. The smallest absolute Gasteiger partial charge is 0.345 e. The maximum absolute atomic E-state index is 10.9. The molecule has 86 valence electrons. The molecule has 17 heavy (non-hydrogen) atoms. The van der Waals surface area contributed by atoms with Gasteiger partial charge in [0.15, 0.2) is 0 Å². The van der Waals surface area contributed by atoms with Crippen molar-refractivity contribution in [1.82, 2.24) is 0 Å². The molecule has 1 heterocycles. The molecule has 0 saturated carbocycles. The van der Waals surface area contributed by atoms with Crippen LogP contribution in [-0.4, -0.2) is 17.6 Å². The zero-order chi connectivity index (χ0) is 12.3. The minimum absolute atomic E-state index is 0.341. The lowest BCUT2D eigenvalue weighted by Crippen LogP contribution is -1.95. The summed E-state index contributed by atoms with van der Waals surface area (Å²) in [6.07, 6.45) is 0.645. The molecule has 2 aromatic rings. The molecule has 0 aliphatic heterocycles. The first-order chi connectivity index (χ1) is 8.22. The van der Waals surface area contributed by atoms with E-state index in [4.69, 9.17) is 10.8 Å². The molecule has 3 N–H and O–H groups in total. The molecule has 0 atom stereocenters. The third kappa shape index (κ3) is 2.47. The number of aromatic carboxylic acids is 1. The van der Waals surface area contributed by atoms with Gasteiger partial charge in [-0.15, -0.1) is 11.3 Å². The first-order valence-electron chi connectivity index (χ1n) is 5.17. The van der Waals surface area contributed by atoms with Gasteiger partial charge in [0.05, 0.1) is 0 Å². The van der Waals surface area contributed by atoms with E-state index in [-0.39, 0.29) is 0 Å². The number of rotatable bonds is 2. The van der Waals surface area contributed by atoms with Gasteiger partial charge in [0.25, 0.3) is 0 Å². The zero-order valence-corrected chi connectivity index (χ0v) is 9.88. The van der Waals surface area contributed by atoms with Crippen molar-refractivity contribution in [2.45, 2.75) is 6.42 Å². The largest absolute Gasteiger partial charge is 0.477 e. The van der Waals surface area contributed by atoms with Crippen LogP contribution >= 0.6 is 11.3 Å². The number of hydrogen-bond acceptors (Lipinski definition) is 3. The van der Waals surface area contributed by atoms with Crippen LogP contribution in [0.2, 0.25) is 0 Å². The van der Waals surface area contributed by atoms with Crippen LogP contribution in [-0.2, 0) is 0 Å². The second-order valence-electron chi connectivity index (χ2n) is 3.47. The highest BCUT2D eigenvalue weighted by atomic mass is 32.1. The molecule has 1 aromatic carbocycles. The summed E-state index contributed by atoms with van der Waals surface area (Å²) in [5.41, 5.74) is 6.23. The molecular weight excluding hydrogens is 234 g/mol. The summed E-state index contributed by atoms with van der Waals surface area (Å²) in [6, 6.07) is 7.36. The third-order valence-electron chi connectivity index (χ3n) is 2.26. The van der Waals surface area contributed by atoms with E-state index in [1.807, 2.05) is 18.2 Å². The molecule has 1 aromatic heterocycles. The normalized spacial score (nSPS) is 9.94. The first kappa shape index (κ1) is 11.6. The summed E-state index contributed by atoms with van der Waals surface area (Å²) in [7, 11) is 0. The Kier molecular flexibility index (Phi) is 3.43. The highest BCUT2D eigenvalue weighted by molar-refractivity contribution is 7.20. The van der Waals surface area contributed by atoms with E-state index in [0.717, 1.165) is 15.6 Å². The van der Waals surface area contributed by atoms with Crippen molar-refractivity contribution in [2.24, 2.45) is 5.73 Å². The van der Waals surface area contributed by atoms with Gasteiger partial charge in [-0.05, 0) is 18.2 Å². The SMILES string of the molecule is NCCC#Cc1cccc2sc(C(=O)O)cc12. The predicted molar refractivity (Wildman–Crippen MR) is 69.3 cm³/mol. The molecule has 0 aliphatic carbocycles. The quantitative estimate of drug-likeness (QED) is 0.798. The van der Waals surface area contributed by atoms with Gasteiger partial charge in [-0.3, -0.25) is 0 Å². The fraction of sp³-hybridized carbons (Fsp3) is 0.154. The van der Waals surface area contributed by atoms with Gasteiger partial charge in [0.2, 0.25) is 0 Å². The lowest BCUT2D eigenvalue weighted by Gasteiger charge is -1.92. The van der Waals surface area contributed by atoms with E-state index < -0.39 is 5.97 Å². The highest BCUT2D eigenvalue weighted by Crippen LogP contribution is 2.27. The second kappa shape index (κ2) is 5.00. The van der Waals surface area contributed by atoms with Crippen LogP contribution in [0.3, 0.4) is 0 Å². The summed E-state index contributed by atoms with van der Waals surface area (Å²) in [5, 5.41) is 9.85. The van der Waals surface area contributed by atoms with E-state index in [2.05, 4.69) is 11.8 Å². The summed E-state index contributed by atoms with van der Waals surface area (Å²) >= 11 is 1.27. The molecule has 0 fully saturated rings. The van der Waals surface area contributed by atoms with Gasteiger partial charge >= 0.3 is 5.97 Å². The first-order valence-corrected chi connectivity index (χ1v) is 5.99. The lowest BCUT2D eigenvalue weighted by molar-refractivity contribution is 0.0702. The molecule has 0 aliphatic rings. The monoisotopic (exact) mass is 245 g/mol. The van der Waals surface area contributed by atoms with E-state index in [0.29, 0.717) is 17.8 Å². The van der Waals surface area contributed by atoms with Gasteiger partial charge in [-0.2, -0.15) is 0 Å². The Labute approximate surface area is 103 Å². The Morgan fingerprint density at radius 2 is 2.29 bits per heavy atom. The Morgan fingerprint density at radius 3 is 3.00 bits per heavy atom. The number of carbonyl (C=O) groups is 1. The number of thiophene rings is 1. The van der Waals surface area contributed by atoms with E-state index in [1.165, 1.54) is 11.3 Å². The standard InChI is InChI=1S/C13H11NO2S/c14-7-2-1-4-9-5-3-6-11-10(9)8-12(17-11)13(15)16/h3,5-6,8H,2,7,14H2,(H,15,16). The van der Waals surface area contributed by atoms with Crippen LogP contribution in [0.1, 0.15) is 21.7 Å². The number of fused-ring (bicyclic) bond motifs is 1. The number of carboxylic acid groups (broad SMARTS) is 1. The molecule has 4 heteroatoms. The topological polar surface area (TPSA) is 63.3 Å². The van der Waals surface area contributed by atoms with Crippen molar-refractivity contribution >= 4 is 27.4 Å². The molecule has 2 rings (SSSR count). The predicted octanol–water partition coefficient (Wildman–Crippen LogP) is 2.30. The summed E-state index contributed by atoms with van der Waals surface area (Å²) in [4.78, 5) is 11.2. The van der Waals surface area contributed by atoms with Gasteiger partial charge in [-0.1, -0.05) is 17.9 Å². The van der Waals surface area contributed by atoms with Crippen molar-refractivity contribution in [3.05, 3.63) is 34.7 Å². The van der Waals surface area contributed by atoms with Crippen LogP contribution in [0.4, 0.5) is 0 Å². The summed E-state index contributed by atoms with van der Waals surface area (Å²) in [5.74, 6) is 5.09. The van der Waals surface area contributed by atoms with Crippen LogP contribution in [0.15, 0.2) is 24.3 Å². The van der Waals surface area contributed by atoms with Crippen molar-refractivity contribution in [3.63, 3.8) is 0 Å². The number of nitrogens with two attached hydrogens (primary N) is 1. The summed E-state index contributed by atoms with van der Waals surface area (Å²) in [6.45, 7) is 0.535. The van der Waals surface area contributed by atoms with Gasteiger partial charge < -0.3 is 10.8 Å². The Morgan fingerprint density at radius 1 is 1.47 bits per heavy atom. The van der Waals surface area contributed by atoms with Crippen LogP contribution in [0.25, 0.3) is 10.1 Å². The van der Waals surface area contributed by atoms with Crippen LogP contribution in [0, 0.1) is 11.8 Å². The van der Waals surface area contributed by atoms with E-state index >= 15 is 0 Å². The van der Waals surface area contributed by atoms with E-state index in [9.17, 15) is 4.79 Å². The Balaban J connectivity index is 2.50. The Bertz CT molecular complexity index is 619. The zero-order valence-electron chi connectivity index (χ0n) is 9.06. The van der Waals surface area contributed by atoms with Crippen molar-refractivity contribution in [3.8, 4) is 11.8 Å². The number of benzene rings is 1. The van der Waals surface area contributed by atoms with Gasteiger partial charge in [-0.25, -0.2) is 4.79 Å². The molecule has 0 spiro atoms. The van der Waals surface area contributed by atoms with Gasteiger partial charge in [0.1, 0.15) is 4.88 Å². The average Bonchev–Trinajstić information content (AvgIpc) is 2.74. The molecule has 0 radical (unpaired) electrons. The highest BCUT2D eigenvalue weighted by Gasteiger charge is 2.09. The fourth-order valence-electron chi connectivity index (χ4n) is 1.51. The Hall–Kier alpha value is -1.83. The number of hydrogen-bond donors (Lipinski definition) is 2. The molecule has 0 unspecified atom stereocenters. The maximum Gasteiger partial charge on any atom is 0.345 e. The minimum Gasteiger partial charge on any atom is -0.477 e. The van der Waals surface area contributed by atoms with Crippen LogP contribution < -0.4 is 5.73 Å². The number of carboxylic acids is 1. The van der Waals surface area contributed by atoms with Crippen LogP contribution in [0.5, 0.6) is 0 Å². The fourth-order valence-corrected chi connectivity index (χ4v) is 2.43. The molecule has 3 nitrogen and oxygen atoms in total. The van der Waals surface area contributed by atoms with Crippen molar-refractivity contribution in [2.75, 3.05) is 6.54 Å². The van der Waals surface area contributed by atoms with Crippen molar-refractivity contribution in [1.29, 1.82) is 0 Å². The third-order valence-corrected chi connectivity index (χ3v) is 3.35.